The Hall–Kier alpha value is -0.670. The fraction of sp³-hybridized carbons (Fsp3) is 0.500. The third kappa shape index (κ3) is 3.15. The lowest BCUT2D eigenvalue weighted by atomic mass is 10.2. The monoisotopic (exact) mass is 186 g/mol. The van der Waals surface area contributed by atoms with Gasteiger partial charge in [0.2, 0.25) is 0 Å². The van der Waals surface area contributed by atoms with Crippen LogP contribution in [0.15, 0.2) is 18.3 Å². The number of halogens is 1. The fourth-order valence-electron chi connectivity index (χ4n) is 0.909. The summed E-state index contributed by atoms with van der Waals surface area (Å²) in [6.07, 6.45) is 2.34. The number of ether oxygens (including phenoxy) is 1. The van der Waals surface area contributed by atoms with Crippen molar-refractivity contribution in [2.75, 3.05) is 13.7 Å². The summed E-state index contributed by atoms with van der Waals surface area (Å²) >= 11 is 5.92. The first-order valence-corrected chi connectivity index (χ1v) is 4.16. The molecular weight excluding hydrogens is 176 g/mol. The zero-order valence-electron chi connectivity index (χ0n) is 6.90. The zero-order chi connectivity index (χ0) is 8.81. The Morgan fingerprint density at radius 2 is 2.50 bits per heavy atom. The molecular formula is C8H11ClN2O. The molecule has 1 atom stereocenters. The van der Waals surface area contributed by atoms with Crippen LogP contribution in [-0.4, -0.2) is 29.3 Å². The molecule has 1 heterocycles. The second-order valence-corrected chi connectivity index (χ2v) is 3.09. The minimum Gasteiger partial charge on any atom is -0.383 e. The van der Waals surface area contributed by atoms with E-state index in [0.29, 0.717) is 13.0 Å². The standard InChI is InChI=1S/C8H11ClN2O/c1-12-6-7(9)5-8-3-2-4-10-11-8/h2-4,7H,5-6H2,1H3. The Balaban J connectivity index is 2.41. The van der Waals surface area contributed by atoms with Crippen LogP contribution in [0.5, 0.6) is 0 Å². The molecule has 0 radical (unpaired) electrons. The van der Waals surface area contributed by atoms with Crippen LogP contribution in [0, 0.1) is 0 Å². The van der Waals surface area contributed by atoms with Gasteiger partial charge in [-0.05, 0) is 12.1 Å². The second-order valence-electron chi connectivity index (χ2n) is 2.47. The van der Waals surface area contributed by atoms with Gasteiger partial charge in [0, 0.05) is 19.7 Å². The Kier molecular flexibility index (Phi) is 3.97. The summed E-state index contributed by atoms with van der Waals surface area (Å²) in [7, 11) is 1.63. The molecule has 0 aromatic carbocycles. The van der Waals surface area contributed by atoms with Crippen LogP contribution >= 0.6 is 11.6 Å². The Bertz CT molecular complexity index is 218. The van der Waals surface area contributed by atoms with E-state index in [1.807, 2.05) is 12.1 Å². The first-order valence-electron chi connectivity index (χ1n) is 3.72. The maximum Gasteiger partial charge on any atom is 0.0646 e. The van der Waals surface area contributed by atoms with Crippen LogP contribution in [0.1, 0.15) is 5.69 Å². The Morgan fingerprint density at radius 3 is 3.08 bits per heavy atom. The topological polar surface area (TPSA) is 35.0 Å². The maximum atomic E-state index is 5.92. The summed E-state index contributed by atoms with van der Waals surface area (Å²) in [6, 6.07) is 3.75. The van der Waals surface area contributed by atoms with Crippen LogP contribution in [0.25, 0.3) is 0 Å². The van der Waals surface area contributed by atoms with Gasteiger partial charge in [-0.1, -0.05) is 0 Å². The van der Waals surface area contributed by atoms with Gasteiger partial charge in [0.1, 0.15) is 0 Å². The van der Waals surface area contributed by atoms with Crippen molar-refractivity contribution in [3.63, 3.8) is 0 Å². The zero-order valence-corrected chi connectivity index (χ0v) is 7.66. The van der Waals surface area contributed by atoms with E-state index in [1.165, 1.54) is 0 Å². The molecule has 0 aliphatic heterocycles. The van der Waals surface area contributed by atoms with Gasteiger partial charge in [0.15, 0.2) is 0 Å². The molecule has 66 valence electrons. The molecule has 1 unspecified atom stereocenters. The number of methoxy groups -OCH3 is 1. The highest BCUT2D eigenvalue weighted by Gasteiger charge is 2.05. The van der Waals surface area contributed by atoms with E-state index in [1.54, 1.807) is 13.3 Å². The third-order valence-electron chi connectivity index (χ3n) is 1.41. The molecule has 12 heavy (non-hydrogen) atoms. The molecule has 0 spiro atoms. The first-order chi connectivity index (χ1) is 5.83. The highest BCUT2D eigenvalue weighted by Crippen LogP contribution is 2.04. The summed E-state index contributed by atoms with van der Waals surface area (Å²) in [6.45, 7) is 0.540. The van der Waals surface area contributed by atoms with Crippen molar-refractivity contribution < 1.29 is 4.74 Å². The van der Waals surface area contributed by atoms with Crippen LogP contribution < -0.4 is 0 Å². The number of alkyl halides is 1. The first kappa shape index (κ1) is 9.42. The fourth-order valence-corrected chi connectivity index (χ4v) is 1.19. The second kappa shape index (κ2) is 5.06. The molecule has 4 heteroatoms. The van der Waals surface area contributed by atoms with Gasteiger partial charge in [-0.25, -0.2) is 0 Å². The van der Waals surface area contributed by atoms with Gasteiger partial charge >= 0.3 is 0 Å². The SMILES string of the molecule is COCC(Cl)Cc1cccnn1. The van der Waals surface area contributed by atoms with Gasteiger partial charge in [0.05, 0.1) is 17.7 Å². The molecule has 0 N–H and O–H groups in total. The number of aromatic nitrogens is 2. The van der Waals surface area contributed by atoms with Crippen molar-refractivity contribution in [3.05, 3.63) is 24.0 Å². The van der Waals surface area contributed by atoms with E-state index in [9.17, 15) is 0 Å². The van der Waals surface area contributed by atoms with Crippen molar-refractivity contribution in [3.8, 4) is 0 Å². The number of rotatable bonds is 4. The molecule has 1 aromatic rings. The van der Waals surface area contributed by atoms with Crippen LogP contribution in [0.3, 0.4) is 0 Å². The minimum atomic E-state index is -0.0216. The van der Waals surface area contributed by atoms with Gasteiger partial charge < -0.3 is 4.74 Å². The quantitative estimate of drug-likeness (QED) is 0.665. The normalized spacial score (nSPS) is 12.8. The summed E-state index contributed by atoms with van der Waals surface area (Å²) in [5, 5.41) is 7.64. The van der Waals surface area contributed by atoms with Crippen molar-refractivity contribution >= 4 is 11.6 Å². The molecule has 0 aliphatic rings. The summed E-state index contributed by atoms with van der Waals surface area (Å²) < 4.78 is 4.90. The molecule has 3 nitrogen and oxygen atoms in total. The third-order valence-corrected chi connectivity index (χ3v) is 1.69. The van der Waals surface area contributed by atoms with Crippen molar-refractivity contribution in [2.45, 2.75) is 11.8 Å². The van der Waals surface area contributed by atoms with E-state index in [0.717, 1.165) is 5.69 Å². The maximum absolute atomic E-state index is 5.92. The Morgan fingerprint density at radius 1 is 1.67 bits per heavy atom. The highest BCUT2D eigenvalue weighted by atomic mass is 35.5. The lowest BCUT2D eigenvalue weighted by molar-refractivity contribution is 0.197. The van der Waals surface area contributed by atoms with Crippen LogP contribution in [0.4, 0.5) is 0 Å². The lowest BCUT2D eigenvalue weighted by Gasteiger charge is -2.05. The largest absolute Gasteiger partial charge is 0.383 e. The van der Waals surface area contributed by atoms with Crippen molar-refractivity contribution in [1.29, 1.82) is 0 Å². The van der Waals surface area contributed by atoms with Gasteiger partial charge in [-0.15, -0.1) is 11.6 Å². The highest BCUT2D eigenvalue weighted by molar-refractivity contribution is 6.20. The molecule has 1 rings (SSSR count). The average Bonchev–Trinajstić information content (AvgIpc) is 2.06. The molecule has 0 amide bonds. The van der Waals surface area contributed by atoms with Gasteiger partial charge in [-0.3, -0.25) is 0 Å². The Labute approximate surface area is 76.7 Å². The van der Waals surface area contributed by atoms with Crippen molar-refractivity contribution in [2.24, 2.45) is 0 Å². The van der Waals surface area contributed by atoms with Crippen LogP contribution in [-0.2, 0) is 11.2 Å². The van der Waals surface area contributed by atoms with Crippen molar-refractivity contribution in [1.82, 2.24) is 10.2 Å². The average molecular weight is 187 g/mol. The van der Waals surface area contributed by atoms with Gasteiger partial charge in [-0.2, -0.15) is 10.2 Å². The predicted octanol–water partition coefficient (Wildman–Crippen LogP) is 1.27. The van der Waals surface area contributed by atoms with E-state index >= 15 is 0 Å². The van der Waals surface area contributed by atoms with E-state index < -0.39 is 0 Å². The van der Waals surface area contributed by atoms with E-state index in [4.69, 9.17) is 16.3 Å². The summed E-state index contributed by atoms with van der Waals surface area (Å²) in [5.74, 6) is 0. The number of hydrogen-bond acceptors (Lipinski definition) is 3. The summed E-state index contributed by atoms with van der Waals surface area (Å²) in [5.41, 5.74) is 0.898. The molecule has 0 fully saturated rings. The molecule has 0 bridgehead atoms. The smallest absolute Gasteiger partial charge is 0.0646 e. The number of nitrogens with zero attached hydrogens (tertiary/aromatic N) is 2. The predicted molar refractivity (Wildman–Crippen MR) is 47.3 cm³/mol. The lowest BCUT2D eigenvalue weighted by Crippen LogP contribution is -2.11. The molecule has 0 aliphatic carbocycles. The summed E-state index contributed by atoms with van der Waals surface area (Å²) in [4.78, 5) is 0. The molecule has 1 aromatic heterocycles. The van der Waals surface area contributed by atoms with Crippen LogP contribution in [0.2, 0.25) is 0 Å². The van der Waals surface area contributed by atoms with E-state index in [2.05, 4.69) is 10.2 Å². The minimum absolute atomic E-state index is 0.0216. The van der Waals surface area contributed by atoms with E-state index in [-0.39, 0.29) is 5.38 Å². The number of hydrogen-bond donors (Lipinski definition) is 0. The van der Waals surface area contributed by atoms with Gasteiger partial charge in [0.25, 0.3) is 0 Å². The molecule has 0 saturated heterocycles. The molecule has 0 saturated carbocycles.